The standard InChI is InChI=1S/C27H21BrN2O4S/c1-14-12-15(2)22-20(13-14)35-27(29-22)30-23(16-4-8-18(28)9-5-16)21(25(32)26(30)33)24(31)17-6-10-19(34-3)11-7-17/h4-13,23,31H,1-3H3/b24-21+/t23-/m1/s1. The number of ether oxygens (including phenoxy) is 1. The topological polar surface area (TPSA) is 79.7 Å². The molecule has 0 aliphatic carbocycles. The van der Waals surface area contributed by atoms with Crippen LogP contribution < -0.4 is 9.64 Å². The summed E-state index contributed by atoms with van der Waals surface area (Å²) < 4.78 is 6.99. The Morgan fingerprint density at radius 3 is 2.40 bits per heavy atom. The van der Waals surface area contributed by atoms with Crippen LogP contribution in [0.5, 0.6) is 5.75 Å². The van der Waals surface area contributed by atoms with Crippen molar-refractivity contribution in [2.45, 2.75) is 19.9 Å². The number of aryl methyl sites for hydroxylation is 2. The molecule has 4 aromatic rings. The second kappa shape index (κ2) is 8.94. The molecule has 1 amide bonds. The second-order valence-electron chi connectivity index (χ2n) is 8.37. The number of rotatable bonds is 4. The summed E-state index contributed by atoms with van der Waals surface area (Å²) in [6, 6.07) is 17.3. The highest BCUT2D eigenvalue weighted by molar-refractivity contribution is 9.10. The number of amides is 1. The van der Waals surface area contributed by atoms with Crippen molar-refractivity contribution < 1.29 is 19.4 Å². The number of aromatic nitrogens is 1. The lowest BCUT2D eigenvalue weighted by molar-refractivity contribution is -0.132. The van der Waals surface area contributed by atoms with Crippen molar-refractivity contribution in [1.82, 2.24) is 4.98 Å². The minimum atomic E-state index is -0.827. The molecule has 3 aromatic carbocycles. The first-order valence-electron chi connectivity index (χ1n) is 10.9. The fraction of sp³-hybridized carbons (Fsp3) is 0.148. The molecule has 5 rings (SSSR count). The van der Waals surface area contributed by atoms with Crippen molar-refractivity contribution in [3.05, 3.63) is 93.0 Å². The third kappa shape index (κ3) is 4.02. The zero-order valence-electron chi connectivity index (χ0n) is 19.2. The van der Waals surface area contributed by atoms with Crippen LogP contribution in [0.3, 0.4) is 0 Å². The summed E-state index contributed by atoms with van der Waals surface area (Å²) in [5.41, 5.74) is 4.02. The molecular weight excluding hydrogens is 528 g/mol. The number of benzene rings is 3. The zero-order valence-corrected chi connectivity index (χ0v) is 21.6. The molecule has 1 aliphatic rings. The van der Waals surface area contributed by atoms with E-state index in [-0.39, 0.29) is 11.3 Å². The molecule has 1 N–H and O–H groups in total. The van der Waals surface area contributed by atoms with Gasteiger partial charge in [0.15, 0.2) is 5.13 Å². The van der Waals surface area contributed by atoms with Crippen LogP contribution in [-0.2, 0) is 9.59 Å². The minimum absolute atomic E-state index is 0.0228. The first-order chi connectivity index (χ1) is 16.8. The van der Waals surface area contributed by atoms with Crippen LogP contribution in [0, 0.1) is 13.8 Å². The average molecular weight is 549 g/mol. The molecule has 1 aromatic heterocycles. The number of methoxy groups -OCH3 is 1. The molecule has 1 fully saturated rings. The van der Waals surface area contributed by atoms with E-state index in [0.717, 1.165) is 25.8 Å². The molecule has 6 nitrogen and oxygen atoms in total. The first kappa shape index (κ1) is 23.3. The van der Waals surface area contributed by atoms with Gasteiger partial charge in [-0.3, -0.25) is 14.5 Å². The van der Waals surface area contributed by atoms with Crippen molar-refractivity contribution in [1.29, 1.82) is 0 Å². The molecule has 2 heterocycles. The van der Waals surface area contributed by atoms with E-state index in [1.54, 1.807) is 31.4 Å². The highest BCUT2D eigenvalue weighted by atomic mass is 79.9. The van der Waals surface area contributed by atoms with Gasteiger partial charge in [0.05, 0.1) is 28.9 Å². The van der Waals surface area contributed by atoms with Crippen LogP contribution >= 0.6 is 27.3 Å². The van der Waals surface area contributed by atoms with Crippen LogP contribution in [0.25, 0.3) is 16.0 Å². The molecule has 1 aliphatic heterocycles. The quantitative estimate of drug-likeness (QED) is 0.183. The highest BCUT2D eigenvalue weighted by Gasteiger charge is 2.48. The fourth-order valence-electron chi connectivity index (χ4n) is 4.36. The lowest BCUT2D eigenvalue weighted by atomic mass is 9.95. The fourth-order valence-corrected chi connectivity index (χ4v) is 5.79. The number of halogens is 1. The van der Waals surface area contributed by atoms with Crippen molar-refractivity contribution in [2.24, 2.45) is 0 Å². The number of anilines is 1. The smallest absolute Gasteiger partial charge is 0.301 e. The van der Waals surface area contributed by atoms with Crippen LogP contribution in [0.2, 0.25) is 0 Å². The van der Waals surface area contributed by atoms with Gasteiger partial charge in [-0.25, -0.2) is 4.98 Å². The van der Waals surface area contributed by atoms with Gasteiger partial charge in [0.25, 0.3) is 5.78 Å². The number of hydrogen-bond acceptors (Lipinski definition) is 6. The predicted octanol–water partition coefficient (Wildman–Crippen LogP) is 6.31. The molecule has 0 spiro atoms. The number of carbonyl (C=O) groups is 2. The van der Waals surface area contributed by atoms with Gasteiger partial charge in [-0.2, -0.15) is 0 Å². The van der Waals surface area contributed by atoms with Crippen LogP contribution in [0.4, 0.5) is 5.13 Å². The third-order valence-corrected chi connectivity index (χ3v) is 7.55. The van der Waals surface area contributed by atoms with E-state index in [4.69, 9.17) is 9.72 Å². The Balaban J connectivity index is 1.72. The molecule has 176 valence electrons. The summed E-state index contributed by atoms with van der Waals surface area (Å²) in [6.45, 7) is 3.98. The van der Waals surface area contributed by atoms with Crippen LogP contribution in [0.1, 0.15) is 28.3 Å². The molecular formula is C27H21BrN2O4S. The monoisotopic (exact) mass is 548 g/mol. The van der Waals surface area contributed by atoms with E-state index in [1.807, 2.05) is 50.2 Å². The molecule has 0 radical (unpaired) electrons. The number of aliphatic hydroxyl groups is 1. The maximum atomic E-state index is 13.4. The van der Waals surface area contributed by atoms with E-state index in [2.05, 4.69) is 15.9 Å². The number of carbonyl (C=O) groups excluding carboxylic acids is 2. The van der Waals surface area contributed by atoms with Crippen LogP contribution in [0.15, 0.2) is 70.7 Å². The number of nitrogens with zero attached hydrogens (tertiary/aromatic N) is 2. The number of fused-ring (bicyclic) bond motifs is 1. The minimum Gasteiger partial charge on any atom is -0.507 e. The van der Waals surface area contributed by atoms with Crippen molar-refractivity contribution >= 4 is 60.1 Å². The summed E-state index contributed by atoms with van der Waals surface area (Å²) in [4.78, 5) is 32.9. The Morgan fingerprint density at radius 2 is 1.74 bits per heavy atom. The molecule has 0 bridgehead atoms. The lowest BCUT2D eigenvalue weighted by Gasteiger charge is -2.23. The van der Waals surface area contributed by atoms with Gasteiger partial charge in [-0.1, -0.05) is 45.5 Å². The van der Waals surface area contributed by atoms with Crippen LogP contribution in [-0.4, -0.2) is 28.9 Å². The van der Waals surface area contributed by atoms with E-state index in [9.17, 15) is 14.7 Å². The van der Waals surface area contributed by atoms with Gasteiger partial charge in [-0.05, 0) is 73.0 Å². The molecule has 0 saturated carbocycles. The lowest BCUT2D eigenvalue weighted by Crippen LogP contribution is -2.29. The Labute approximate surface area is 214 Å². The van der Waals surface area contributed by atoms with Crippen molar-refractivity contribution in [3.8, 4) is 5.75 Å². The maximum absolute atomic E-state index is 13.4. The van der Waals surface area contributed by atoms with Crippen molar-refractivity contribution in [3.63, 3.8) is 0 Å². The van der Waals surface area contributed by atoms with E-state index in [1.165, 1.54) is 16.2 Å². The number of aliphatic hydroxyl groups excluding tert-OH is 1. The Hall–Kier alpha value is -3.49. The third-order valence-electron chi connectivity index (χ3n) is 6.02. The largest absolute Gasteiger partial charge is 0.507 e. The summed E-state index contributed by atoms with van der Waals surface area (Å²) in [6.07, 6.45) is 0. The average Bonchev–Trinajstić information content (AvgIpc) is 3.38. The highest BCUT2D eigenvalue weighted by Crippen LogP contribution is 2.45. The van der Waals surface area contributed by atoms with Gasteiger partial charge in [-0.15, -0.1) is 0 Å². The molecule has 1 saturated heterocycles. The number of ketones is 1. The van der Waals surface area contributed by atoms with Crippen molar-refractivity contribution in [2.75, 3.05) is 12.0 Å². The molecule has 1 atom stereocenters. The second-order valence-corrected chi connectivity index (χ2v) is 10.3. The summed E-state index contributed by atoms with van der Waals surface area (Å²) in [7, 11) is 1.55. The molecule has 35 heavy (non-hydrogen) atoms. The van der Waals surface area contributed by atoms with Gasteiger partial charge in [0.1, 0.15) is 11.5 Å². The first-order valence-corrected chi connectivity index (χ1v) is 12.5. The van der Waals surface area contributed by atoms with Gasteiger partial charge < -0.3 is 9.84 Å². The SMILES string of the molecule is COc1ccc(/C(O)=C2\C(=O)C(=O)N(c3nc4c(C)cc(C)cc4s3)[C@@H]2c2ccc(Br)cc2)cc1. The van der Waals surface area contributed by atoms with Gasteiger partial charge >= 0.3 is 5.91 Å². The summed E-state index contributed by atoms with van der Waals surface area (Å²) in [5.74, 6) is -1.10. The Morgan fingerprint density at radius 1 is 1.06 bits per heavy atom. The molecule has 0 unspecified atom stereocenters. The zero-order chi connectivity index (χ0) is 24.9. The maximum Gasteiger partial charge on any atom is 0.301 e. The normalized spacial score (nSPS) is 17.4. The number of Topliss-reactive ketones (excluding diaryl/α,β-unsaturated/α-hetero) is 1. The Kier molecular flexibility index (Phi) is 5.94. The number of hydrogen-bond donors (Lipinski definition) is 1. The summed E-state index contributed by atoms with van der Waals surface area (Å²) in [5, 5.41) is 11.7. The van der Waals surface area contributed by atoms with Gasteiger partial charge in [0.2, 0.25) is 0 Å². The Bertz CT molecular complexity index is 1510. The van der Waals surface area contributed by atoms with E-state index < -0.39 is 17.7 Å². The van der Waals surface area contributed by atoms with E-state index >= 15 is 0 Å². The van der Waals surface area contributed by atoms with E-state index in [0.29, 0.717) is 22.0 Å². The predicted molar refractivity (Wildman–Crippen MR) is 141 cm³/mol. The molecule has 8 heteroatoms. The number of thiazole rings is 1. The van der Waals surface area contributed by atoms with Gasteiger partial charge in [0, 0.05) is 10.0 Å². The summed E-state index contributed by atoms with van der Waals surface area (Å²) >= 11 is 4.80.